The van der Waals surface area contributed by atoms with Crippen LogP contribution in [-0.4, -0.2) is 48.9 Å². The number of nitrogens with zero attached hydrogens (tertiary/aromatic N) is 2. The van der Waals surface area contributed by atoms with Gasteiger partial charge in [-0.25, -0.2) is 0 Å². The molecule has 0 saturated carbocycles. The van der Waals surface area contributed by atoms with Crippen LogP contribution in [0.3, 0.4) is 0 Å². The van der Waals surface area contributed by atoms with Gasteiger partial charge >= 0.3 is 0 Å². The third-order valence-electron chi connectivity index (χ3n) is 5.55. The predicted molar refractivity (Wildman–Crippen MR) is 107 cm³/mol. The van der Waals surface area contributed by atoms with E-state index in [0.29, 0.717) is 6.54 Å². The fraction of sp³-hybridized carbons (Fsp3) is 0.409. The Morgan fingerprint density at radius 3 is 2.67 bits per heavy atom. The zero-order valence-electron chi connectivity index (χ0n) is 16.0. The van der Waals surface area contributed by atoms with Crippen LogP contribution in [0.1, 0.15) is 32.6 Å². The van der Waals surface area contributed by atoms with Gasteiger partial charge in [0, 0.05) is 57.9 Å². The van der Waals surface area contributed by atoms with Gasteiger partial charge in [0.2, 0.25) is 0 Å². The molecule has 0 spiro atoms. The second-order valence-corrected chi connectivity index (χ2v) is 7.67. The summed E-state index contributed by atoms with van der Waals surface area (Å²) < 4.78 is 0. The summed E-state index contributed by atoms with van der Waals surface area (Å²) in [5.74, 6) is -0.00569. The Morgan fingerprint density at radius 1 is 1.00 bits per heavy atom. The van der Waals surface area contributed by atoms with Crippen LogP contribution >= 0.6 is 0 Å². The zero-order valence-corrected chi connectivity index (χ0v) is 16.0. The van der Waals surface area contributed by atoms with Gasteiger partial charge in [-0.15, -0.1) is 0 Å². The number of likely N-dealkylation sites (N-methyl/N-ethyl adjacent to an activating group) is 1. The molecule has 2 aromatic rings. The van der Waals surface area contributed by atoms with Gasteiger partial charge in [0.05, 0.1) is 0 Å². The lowest BCUT2D eigenvalue weighted by Crippen LogP contribution is -2.43. The number of rotatable bonds is 5. The Hall–Kier alpha value is -2.21. The second kappa shape index (κ2) is 8.21. The highest BCUT2D eigenvalue weighted by Gasteiger charge is 2.15. The smallest absolute Gasteiger partial charge is 0.251 e. The van der Waals surface area contributed by atoms with Crippen molar-refractivity contribution < 1.29 is 4.79 Å². The van der Waals surface area contributed by atoms with E-state index in [1.54, 1.807) is 0 Å². The van der Waals surface area contributed by atoms with Crippen molar-refractivity contribution in [1.29, 1.82) is 0 Å². The van der Waals surface area contributed by atoms with E-state index in [1.807, 2.05) is 18.2 Å². The van der Waals surface area contributed by atoms with Crippen molar-refractivity contribution in [2.24, 2.45) is 0 Å². The highest BCUT2D eigenvalue weighted by Crippen LogP contribution is 2.17. The molecule has 0 unspecified atom stereocenters. The van der Waals surface area contributed by atoms with Crippen molar-refractivity contribution in [3.63, 3.8) is 0 Å². The number of carbonyl (C=O) groups excluding carboxylic acids is 1. The molecule has 5 heteroatoms. The standard InChI is InChI=1S/C22H28N4O/c1-25-7-9-26(10-8-25)16-18-3-2-4-19(12-18)22(27)24-13-17-5-6-20-14-23-15-21(20)11-17/h2-6,11-12,23H,7-10,13-16H2,1H3,(H,24,27). The highest BCUT2D eigenvalue weighted by atomic mass is 16.1. The van der Waals surface area contributed by atoms with Crippen LogP contribution in [0.25, 0.3) is 0 Å². The molecule has 1 saturated heterocycles. The fourth-order valence-corrected chi connectivity index (χ4v) is 3.82. The Balaban J connectivity index is 1.34. The highest BCUT2D eigenvalue weighted by molar-refractivity contribution is 5.94. The summed E-state index contributed by atoms with van der Waals surface area (Å²) in [7, 11) is 2.17. The number of hydrogen-bond acceptors (Lipinski definition) is 4. The van der Waals surface area contributed by atoms with Crippen molar-refractivity contribution in [2.45, 2.75) is 26.2 Å². The Bertz CT molecular complexity index is 812. The molecule has 0 aliphatic carbocycles. The summed E-state index contributed by atoms with van der Waals surface area (Å²) in [6.45, 7) is 7.72. The minimum atomic E-state index is -0.00569. The van der Waals surface area contributed by atoms with Gasteiger partial charge in [0.15, 0.2) is 0 Å². The van der Waals surface area contributed by atoms with Gasteiger partial charge in [0.25, 0.3) is 5.91 Å². The summed E-state index contributed by atoms with van der Waals surface area (Å²) in [6.07, 6.45) is 0. The van der Waals surface area contributed by atoms with Crippen LogP contribution in [0.2, 0.25) is 0 Å². The quantitative estimate of drug-likeness (QED) is 0.852. The Morgan fingerprint density at radius 2 is 1.81 bits per heavy atom. The van der Waals surface area contributed by atoms with E-state index in [0.717, 1.165) is 56.9 Å². The van der Waals surface area contributed by atoms with Crippen LogP contribution < -0.4 is 10.6 Å². The second-order valence-electron chi connectivity index (χ2n) is 7.67. The van der Waals surface area contributed by atoms with Crippen LogP contribution in [0.15, 0.2) is 42.5 Å². The molecule has 4 rings (SSSR count). The van der Waals surface area contributed by atoms with Crippen molar-refractivity contribution in [1.82, 2.24) is 20.4 Å². The summed E-state index contributed by atoms with van der Waals surface area (Å²) >= 11 is 0. The van der Waals surface area contributed by atoms with Gasteiger partial charge in [-0.1, -0.05) is 30.3 Å². The molecular weight excluding hydrogens is 336 g/mol. The van der Waals surface area contributed by atoms with Crippen molar-refractivity contribution in [3.05, 3.63) is 70.3 Å². The number of amides is 1. The number of benzene rings is 2. The van der Waals surface area contributed by atoms with Crippen LogP contribution in [0.5, 0.6) is 0 Å². The molecule has 5 nitrogen and oxygen atoms in total. The Kier molecular flexibility index (Phi) is 5.53. The van der Waals surface area contributed by atoms with Crippen molar-refractivity contribution in [2.75, 3.05) is 33.2 Å². The van der Waals surface area contributed by atoms with Crippen molar-refractivity contribution in [3.8, 4) is 0 Å². The molecule has 2 N–H and O–H groups in total. The summed E-state index contributed by atoms with van der Waals surface area (Å²) in [5.41, 5.74) is 5.80. The lowest BCUT2D eigenvalue weighted by atomic mass is 10.1. The molecule has 1 fully saturated rings. The van der Waals surface area contributed by atoms with Crippen LogP contribution in [-0.2, 0) is 26.2 Å². The normalized spacial score (nSPS) is 17.7. The fourth-order valence-electron chi connectivity index (χ4n) is 3.82. The lowest BCUT2D eigenvalue weighted by Gasteiger charge is -2.32. The minimum Gasteiger partial charge on any atom is -0.348 e. The average molecular weight is 364 g/mol. The molecule has 0 bridgehead atoms. The Labute approximate surface area is 161 Å². The van der Waals surface area contributed by atoms with Crippen LogP contribution in [0.4, 0.5) is 0 Å². The molecule has 0 aromatic heterocycles. The number of piperazine rings is 1. The van der Waals surface area contributed by atoms with Gasteiger partial charge in [0.1, 0.15) is 0 Å². The number of nitrogens with one attached hydrogen (secondary N) is 2. The van der Waals surface area contributed by atoms with E-state index in [1.165, 1.54) is 16.7 Å². The first-order valence-electron chi connectivity index (χ1n) is 9.77. The maximum Gasteiger partial charge on any atom is 0.251 e. The topological polar surface area (TPSA) is 47.6 Å². The summed E-state index contributed by atoms with van der Waals surface area (Å²) in [5, 5.41) is 6.42. The maximum absolute atomic E-state index is 12.6. The van der Waals surface area contributed by atoms with E-state index >= 15 is 0 Å². The minimum absolute atomic E-state index is 0.00569. The summed E-state index contributed by atoms with van der Waals surface area (Å²) in [6, 6.07) is 14.5. The van der Waals surface area contributed by atoms with Gasteiger partial charge in [-0.3, -0.25) is 9.69 Å². The molecule has 2 aliphatic heterocycles. The maximum atomic E-state index is 12.6. The molecule has 2 aromatic carbocycles. The lowest BCUT2D eigenvalue weighted by molar-refractivity contribution is 0.0950. The van der Waals surface area contributed by atoms with E-state index in [-0.39, 0.29) is 5.91 Å². The molecular formula is C22H28N4O. The molecule has 27 heavy (non-hydrogen) atoms. The average Bonchev–Trinajstić information content (AvgIpc) is 3.16. The van der Waals surface area contributed by atoms with E-state index in [2.05, 4.69) is 51.7 Å². The zero-order chi connectivity index (χ0) is 18.6. The van der Waals surface area contributed by atoms with Crippen LogP contribution in [0, 0.1) is 0 Å². The largest absolute Gasteiger partial charge is 0.348 e. The molecule has 2 heterocycles. The molecule has 2 aliphatic rings. The molecule has 0 radical (unpaired) electrons. The first kappa shape index (κ1) is 18.2. The van der Waals surface area contributed by atoms with E-state index in [4.69, 9.17) is 0 Å². The van der Waals surface area contributed by atoms with E-state index < -0.39 is 0 Å². The molecule has 142 valence electrons. The first-order valence-corrected chi connectivity index (χ1v) is 9.77. The van der Waals surface area contributed by atoms with Crippen molar-refractivity contribution >= 4 is 5.91 Å². The van der Waals surface area contributed by atoms with Gasteiger partial charge in [-0.05, 0) is 41.4 Å². The monoisotopic (exact) mass is 364 g/mol. The summed E-state index contributed by atoms with van der Waals surface area (Å²) in [4.78, 5) is 17.4. The SMILES string of the molecule is CN1CCN(Cc2cccc(C(=O)NCc3ccc4c(c3)CNC4)c2)CC1. The van der Waals surface area contributed by atoms with Gasteiger partial charge < -0.3 is 15.5 Å². The number of fused-ring (bicyclic) bond motifs is 1. The number of carbonyl (C=O) groups is 1. The molecule has 0 atom stereocenters. The third kappa shape index (κ3) is 4.56. The predicted octanol–water partition coefficient (Wildman–Crippen LogP) is 1.97. The molecule has 1 amide bonds. The van der Waals surface area contributed by atoms with Gasteiger partial charge in [-0.2, -0.15) is 0 Å². The number of hydrogen-bond donors (Lipinski definition) is 2. The third-order valence-corrected chi connectivity index (χ3v) is 5.55. The first-order chi connectivity index (χ1) is 13.2. The van der Waals surface area contributed by atoms with E-state index in [9.17, 15) is 4.79 Å².